The first-order chi connectivity index (χ1) is 11.1. The Morgan fingerprint density at radius 2 is 1.96 bits per heavy atom. The maximum atomic E-state index is 12.1. The van der Waals surface area contributed by atoms with E-state index in [-0.39, 0.29) is 5.69 Å². The molecule has 1 spiro atoms. The van der Waals surface area contributed by atoms with Crippen molar-refractivity contribution in [3.63, 3.8) is 0 Å². The fourth-order valence-corrected chi connectivity index (χ4v) is 3.35. The van der Waals surface area contributed by atoms with Gasteiger partial charge in [0.25, 0.3) is 5.69 Å². The summed E-state index contributed by atoms with van der Waals surface area (Å²) in [7, 11) is 1.27. The van der Waals surface area contributed by atoms with Gasteiger partial charge in [-0.1, -0.05) is 18.6 Å². The molecule has 1 heterocycles. The maximum absolute atomic E-state index is 12.1. The molecule has 1 aromatic carbocycles. The molecule has 1 aliphatic carbocycles. The monoisotopic (exact) mass is 321 g/mol. The lowest BCUT2D eigenvalue weighted by Crippen LogP contribution is -2.35. The van der Waals surface area contributed by atoms with E-state index in [1.54, 1.807) is 18.2 Å². The number of ether oxygens (including phenoxy) is 3. The van der Waals surface area contributed by atoms with Crippen molar-refractivity contribution in [2.75, 3.05) is 7.11 Å². The van der Waals surface area contributed by atoms with E-state index < -0.39 is 28.9 Å². The van der Waals surface area contributed by atoms with Crippen LogP contribution in [-0.4, -0.2) is 29.9 Å². The summed E-state index contributed by atoms with van der Waals surface area (Å²) >= 11 is 0. The topological polar surface area (TPSA) is 87.9 Å². The number of rotatable bonds is 3. The van der Waals surface area contributed by atoms with Crippen LogP contribution in [0, 0.1) is 10.1 Å². The van der Waals surface area contributed by atoms with E-state index in [4.69, 9.17) is 14.2 Å². The van der Waals surface area contributed by atoms with Gasteiger partial charge in [0.1, 0.15) is 6.10 Å². The molecule has 0 N–H and O–H groups in total. The van der Waals surface area contributed by atoms with Crippen molar-refractivity contribution in [3.05, 3.63) is 39.9 Å². The van der Waals surface area contributed by atoms with Crippen molar-refractivity contribution in [2.45, 2.75) is 50.1 Å². The van der Waals surface area contributed by atoms with Crippen molar-refractivity contribution >= 4 is 11.7 Å². The summed E-state index contributed by atoms with van der Waals surface area (Å²) in [5.74, 6) is -1.42. The van der Waals surface area contributed by atoms with Gasteiger partial charge < -0.3 is 14.2 Å². The van der Waals surface area contributed by atoms with Crippen LogP contribution >= 0.6 is 0 Å². The van der Waals surface area contributed by atoms with Crippen LogP contribution < -0.4 is 0 Å². The number of hydrogen-bond donors (Lipinski definition) is 0. The number of carbonyl (C=O) groups excluding carboxylic acids is 1. The summed E-state index contributed by atoms with van der Waals surface area (Å²) in [4.78, 5) is 22.9. The molecule has 0 unspecified atom stereocenters. The van der Waals surface area contributed by atoms with E-state index in [0.717, 1.165) is 19.3 Å². The Bertz CT molecular complexity index is 610. The molecule has 23 heavy (non-hydrogen) atoms. The molecule has 1 aromatic rings. The van der Waals surface area contributed by atoms with Crippen LogP contribution in [0.25, 0.3) is 0 Å². The summed E-state index contributed by atoms with van der Waals surface area (Å²) in [6.07, 6.45) is 2.51. The number of nitrogens with zero attached hydrogens (tertiary/aromatic N) is 1. The maximum Gasteiger partial charge on any atom is 0.338 e. The molecular weight excluding hydrogens is 302 g/mol. The third-order valence-corrected chi connectivity index (χ3v) is 4.45. The third-order valence-electron chi connectivity index (χ3n) is 4.45. The van der Waals surface area contributed by atoms with Gasteiger partial charge in [-0.25, -0.2) is 4.79 Å². The van der Waals surface area contributed by atoms with Gasteiger partial charge in [0.05, 0.1) is 17.6 Å². The normalized spacial score (nSPS) is 26.1. The standard InChI is InChI=1S/C16H19NO6/c1-21-15(18)14-13(11-7-3-4-8-12(11)17(19)20)22-16(23-14)9-5-2-6-10-16/h3-4,7-8,13-14H,2,5-6,9-10H2,1H3/t13-,14+/m0/s1. The van der Waals surface area contributed by atoms with Gasteiger partial charge in [-0.15, -0.1) is 0 Å². The Hall–Kier alpha value is -1.99. The van der Waals surface area contributed by atoms with Crippen molar-refractivity contribution in [2.24, 2.45) is 0 Å². The lowest BCUT2D eigenvalue weighted by Gasteiger charge is -2.31. The van der Waals surface area contributed by atoms with Crippen LogP contribution in [0.2, 0.25) is 0 Å². The number of methoxy groups -OCH3 is 1. The molecule has 2 atom stereocenters. The third kappa shape index (κ3) is 2.94. The van der Waals surface area contributed by atoms with E-state index in [2.05, 4.69) is 0 Å². The second kappa shape index (κ2) is 6.25. The summed E-state index contributed by atoms with van der Waals surface area (Å²) in [5.41, 5.74) is 0.262. The van der Waals surface area contributed by atoms with Gasteiger partial charge in [0.2, 0.25) is 0 Å². The van der Waals surface area contributed by atoms with Crippen molar-refractivity contribution < 1.29 is 23.9 Å². The predicted octanol–water partition coefficient (Wildman–Crippen LogP) is 2.88. The van der Waals surface area contributed by atoms with Crippen LogP contribution in [0.15, 0.2) is 24.3 Å². The smallest absolute Gasteiger partial charge is 0.338 e. The van der Waals surface area contributed by atoms with E-state index in [0.29, 0.717) is 18.4 Å². The molecule has 0 bridgehead atoms. The van der Waals surface area contributed by atoms with Gasteiger partial charge in [0.15, 0.2) is 11.9 Å². The molecule has 1 saturated heterocycles. The summed E-state index contributed by atoms with van der Waals surface area (Å²) < 4.78 is 16.8. The van der Waals surface area contributed by atoms with Crippen LogP contribution in [0.4, 0.5) is 5.69 Å². The Morgan fingerprint density at radius 3 is 2.61 bits per heavy atom. The quantitative estimate of drug-likeness (QED) is 0.483. The molecule has 0 radical (unpaired) electrons. The van der Waals surface area contributed by atoms with E-state index in [9.17, 15) is 14.9 Å². The van der Waals surface area contributed by atoms with Crippen LogP contribution in [0.5, 0.6) is 0 Å². The second-order valence-electron chi connectivity index (χ2n) is 5.89. The van der Waals surface area contributed by atoms with E-state index in [1.807, 2.05) is 0 Å². The van der Waals surface area contributed by atoms with E-state index >= 15 is 0 Å². The van der Waals surface area contributed by atoms with Crippen molar-refractivity contribution in [1.29, 1.82) is 0 Å². The molecule has 3 rings (SSSR count). The molecule has 1 aliphatic heterocycles. The molecule has 0 aromatic heterocycles. The molecular formula is C16H19NO6. The Labute approximate surface area is 133 Å². The summed E-state index contributed by atoms with van der Waals surface area (Å²) in [6, 6.07) is 6.27. The van der Waals surface area contributed by atoms with Gasteiger partial charge in [-0.3, -0.25) is 10.1 Å². The highest BCUT2D eigenvalue weighted by Gasteiger charge is 2.53. The lowest BCUT2D eigenvalue weighted by atomic mass is 9.94. The fourth-order valence-electron chi connectivity index (χ4n) is 3.35. The minimum atomic E-state index is -0.987. The number of benzene rings is 1. The Kier molecular flexibility index (Phi) is 4.32. The molecule has 124 valence electrons. The van der Waals surface area contributed by atoms with Crippen LogP contribution in [-0.2, 0) is 19.0 Å². The lowest BCUT2D eigenvalue weighted by molar-refractivity contribution is -0.386. The Balaban J connectivity index is 1.98. The average molecular weight is 321 g/mol. The fraction of sp³-hybridized carbons (Fsp3) is 0.562. The molecule has 0 amide bonds. The molecule has 7 nitrogen and oxygen atoms in total. The van der Waals surface area contributed by atoms with Crippen molar-refractivity contribution in [3.8, 4) is 0 Å². The number of nitro benzene ring substituents is 1. The first-order valence-electron chi connectivity index (χ1n) is 7.73. The summed E-state index contributed by atoms with van der Waals surface area (Å²) in [5, 5.41) is 11.3. The van der Waals surface area contributed by atoms with Crippen LogP contribution in [0.3, 0.4) is 0 Å². The number of para-hydroxylation sites is 1. The summed E-state index contributed by atoms with van der Waals surface area (Å²) in [6.45, 7) is 0. The zero-order valence-electron chi connectivity index (χ0n) is 12.9. The van der Waals surface area contributed by atoms with Gasteiger partial charge in [-0.05, 0) is 18.9 Å². The van der Waals surface area contributed by atoms with Crippen LogP contribution in [0.1, 0.15) is 43.8 Å². The zero-order valence-corrected chi connectivity index (χ0v) is 12.9. The predicted molar refractivity (Wildman–Crippen MR) is 79.6 cm³/mol. The minimum Gasteiger partial charge on any atom is -0.467 e. The number of hydrogen-bond acceptors (Lipinski definition) is 6. The molecule has 2 fully saturated rings. The highest BCUT2D eigenvalue weighted by molar-refractivity contribution is 5.76. The highest BCUT2D eigenvalue weighted by Crippen LogP contribution is 2.47. The average Bonchev–Trinajstić information content (AvgIpc) is 2.93. The van der Waals surface area contributed by atoms with Gasteiger partial charge in [0, 0.05) is 18.9 Å². The molecule has 2 aliphatic rings. The minimum absolute atomic E-state index is 0.0807. The van der Waals surface area contributed by atoms with Gasteiger partial charge >= 0.3 is 5.97 Å². The largest absolute Gasteiger partial charge is 0.467 e. The van der Waals surface area contributed by atoms with E-state index in [1.165, 1.54) is 13.2 Å². The number of nitro groups is 1. The zero-order chi connectivity index (χ0) is 16.4. The number of esters is 1. The Morgan fingerprint density at radius 1 is 1.26 bits per heavy atom. The second-order valence-corrected chi connectivity index (χ2v) is 5.89. The SMILES string of the molecule is COC(=O)[C@@H]1OC2(CCCCC2)O[C@H]1c1ccccc1[N+](=O)[O-]. The highest BCUT2D eigenvalue weighted by atomic mass is 16.8. The van der Waals surface area contributed by atoms with Gasteiger partial charge in [-0.2, -0.15) is 0 Å². The first kappa shape index (κ1) is 15.9. The van der Waals surface area contributed by atoms with Crippen molar-refractivity contribution in [1.82, 2.24) is 0 Å². The molecule has 7 heteroatoms. The first-order valence-corrected chi connectivity index (χ1v) is 7.73. The molecule has 1 saturated carbocycles. The number of carbonyl (C=O) groups is 1.